The van der Waals surface area contributed by atoms with Crippen LogP contribution in [0.1, 0.15) is 25.7 Å². The Labute approximate surface area is 94.8 Å². The van der Waals surface area contributed by atoms with Crippen LogP contribution < -0.4 is 9.86 Å². The van der Waals surface area contributed by atoms with Gasteiger partial charge in [0.15, 0.2) is 0 Å². The first kappa shape index (κ1) is 13.2. The molecule has 4 N–H and O–H groups in total. The molecule has 94 valence electrons. The second-order valence-electron chi connectivity index (χ2n) is 3.85. The van der Waals surface area contributed by atoms with Crippen LogP contribution >= 0.6 is 0 Å². The molecule has 0 saturated carbocycles. The molecule has 7 nitrogen and oxygen atoms in total. The molecule has 0 bridgehead atoms. The lowest BCUT2D eigenvalue weighted by molar-refractivity contribution is 0.104. The summed E-state index contributed by atoms with van der Waals surface area (Å²) in [6, 6.07) is -0.111. The van der Waals surface area contributed by atoms with E-state index in [1.807, 2.05) is 0 Å². The highest BCUT2D eigenvalue weighted by atomic mass is 32.2. The third-order valence-corrected chi connectivity index (χ3v) is 3.26. The number of carboxylic acid groups (broad SMARTS) is 1. The molecule has 1 rings (SSSR count). The molecule has 1 heterocycles. The summed E-state index contributed by atoms with van der Waals surface area (Å²) in [5.41, 5.74) is 0. The van der Waals surface area contributed by atoms with Gasteiger partial charge in [0.05, 0.1) is 0 Å². The Balaban J connectivity index is 2.41. The number of piperidine rings is 1. The molecular weight excluding hydrogens is 234 g/mol. The summed E-state index contributed by atoms with van der Waals surface area (Å²) >= 11 is 0. The third kappa shape index (κ3) is 4.33. The molecule has 8 heteroatoms. The number of likely N-dealkylation sites (tertiary alicyclic amines) is 1. The first-order valence-electron chi connectivity index (χ1n) is 5.17. The molecular formula is C8H17N3O4S. The van der Waals surface area contributed by atoms with Crippen LogP contribution in [0.2, 0.25) is 0 Å². The Kier molecular flexibility index (Phi) is 4.51. The maximum absolute atomic E-state index is 10.9. The summed E-state index contributed by atoms with van der Waals surface area (Å²) in [5, 5.41) is 13.7. The van der Waals surface area contributed by atoms with E-state index in [4.69, 9.17) is 10.2 Å². The number of hydrogen-bond acceptors (Lipinski definition) is 3. The minimum Gasteiger partial charge on any atom is -0.465 e. The van der Waals surface area contributed by atoms with Crippen LogP contribution in [0.4, 0.5) is 4.79 Å². The van der Waals surface area contributed by atoms with Gasteiger partial charge in [-0.3, -0.25) is 0 Å². The number of nitrogens with zero attached hydrogens (tertiary/aromatic N) is 1. The lowest BCUT2D eigenvalue weighted by Gasteiger charge is -2.33. The van der Waals surface area contributed by atoms with Crippen molar-refractivity contribution in [1.82, 2.24) is 9.62 Å². The zero-order chi connectivity index (χ0) is 12.2. The van der Waals surface area contributed by atoms with Gasteiger partial charge in [-0.1, -0.05) is 0 Å². The maximum Gasteiger partial charge on any atom is 0.407 e. The fourth-order valence-corrected chi connectivity index (χ4v) is 2.32. The Bertz CT molecular complexity index is 343. The number of carbonyl (C=O) groups is 1. The van der Waals surface area contributed by atoms with Crippen molar-refractivity contribution in [3.8, 4) is 0 Å². The summed E-state index contributed by atoms with van der Waals surface area (Å²) in [4.78, 5) is 12.3. The number of amides is 1. The van der Waals surface area contributed by atoms with Crippen molar-refractivity contribution in [2.45, 2.75) is 31.7 Å². The number of hydrogen-bond donors (Lipinski definition) is 3. The van der Waals surface area contributed by atoms with Crippen molar-refractivity contribution in [3.63, 3.8) is 0 Å². The van der Waals surface area contributed by atoms with Crippen LogP contribution in [0.3, 0.4) is 0 Å². The molecule has 0 aromatic carbocycles. The van der Waals surface area contributed by atoms with Crippen molar-refractivity contribution in [3.05, 3.63) is 0 Å². The normalized spacial score (nSPS) is 22.1. The highest BCUT2D eigenvalue weighted by Gasteiger charge is 2.25. The fourth-order valence-electron chi connectivity index (χ4n) is 1.92. The van der Waals surface area contributed by atoms with Gasteiger partial charge in [0.25, 0.3) is 10.2 Å². The van der Waals surface area contributed by atoms with E-state index in [-0.39, 0.29) is 12.6 Å². The topological polar surface area (TPSA) is 113 Å². The zero-order valence-electron chi connectivity index (χ0n) is 8.92. The lowest BCUT2D eigenvalue weighted by Crippen LogP contribution is -2.45. The van der Waals surface area contributed by atoms with E-state index < -0.39 is 16.3 Å². The monoisotopic (exact) mass is 251 g/mol. The van der Waals surface area contributed by atoms with Gasteiger partial charge in [0.2, 0.25) is 0 Å². The standard InChI is InChI=1S/C8H17N3O4S/c9-16(14,15)10-5-4-7-3-1-2-6-11(7)8(12)13/h7,10H,1-6H2,(H,12,13)(H2,9,14,15). The van der Waals surface area contributed by atoms with E-state index in [9.17, 15) is 13.2 Å². The minimum atomic E-state index is -3.68. The molecule has 0 spiro atoms. The van der Waals surface area contributed by atoms with Gasteiger partial charge >= 0.3 is 6.09 Å². The zero-order valence-corrected chi connectivity index (χ0v) is 9.74. The van der Waals surface area contributed by atoms with Gasteiger partial charge < -0.3 is 10.0 Å². The number of nitrogens with one attached hydrogen (secondary N) is 1. The molecule has 1 amide bonds. The number of rotatable bonds is 4. The second kappa shape index (κ2) is 5.46. The minimum absolute atomic E-state index is 0.111. The summed E-state index contributed by atoms with van der Waals surface area (Å²) < 4.78 is 23.4. The van der Waals surface area contributed by atoms with Gasteiger partial charge in [-0.15, -0.1) is 0 Å². The van der Waals surface area contributed by atoms with Crippen LogP contribution in [0.5, 0.6) is 0 Å². The van der Waals surface area contributed by atoms with Crippen molar-refractivity contribution < 1.29 is 18.3 Å². The average Bonchev–Trinajstić information content (AvgIpc) is 2.16. The average molecular weight is 251 g/mol. The molecule has 1 aliphatic heterocycles. The first-order valence-corrected chi connectivity index (χ1v) is 6.72. The van der Waals surface area contributed by atoms with Gasteiger partial charge in [-0.2, -0.15) is 8.42 Å². The van der Waals surface area contributed by atoms with Crippen LogP contribution in [0, 0.1) is 0 Å². The van der Waals surface area contributed by atoms with E-state index in [1.165, 1.54) is 4.90 Å². The smallest absolute Gasteiger partial charge is 0.407 e. The van der Waals surface area contributed by atoms with Crippen molar-refractivity contribution in [2.75, 3.05) is 13.1 Å². The molecule has 1 aliphatic rings. The van der Waals surface area contributed by atoms with Gasteiger partial charge in [0, 0.05) is 19.1 Å². The molecule has 1 unspecified atom stereocenters. The molecule has 0 aromatic rings. The molecule has 1 fully saturated rings. The quantitative estimate of drug-likeness (QED) is 0.636. The molecule has 1 atom stereocenters. The van der Waals surface area contributed by atoms with E-state index in [0.717, 1.165) is 19.3 Å². The Morgan fingerprint density at radius 3 is 2.75 bits per heavy atom. The van der Waals surface area contributed by atoms with Crippen molar-refractivity contribution in [1.29, 1.82) is 0 Å². The van der Waals surface area contributed by atoms with E-state index in [1.54, 1.807) is 0 Å². The van der Waals surface area contributed by atoms with Crippen LogP contribution in [0.25, 0.3) is 0 Å². The van der Waals surface area contributed by atoms with E-state index in [0.29, 0.717) is 13.0 Å². The molecule has 16 heavy (non-hydrogen) atoms. The van der Waals surface area contributed by atoms with E-state index in [2.05, 4.69) is 4.72 Å². The molecule has 1 saturated heterocycles. The summed E-state index contributed by atoms with van der Waals surface area (Å²) in [5.74, 6) is 0. The third-order valence-electron chi connectivity index (χ3n) is 2.65. The predicted octanol–water partition coefficient (Wildman–Crippen LogP) is -0.298. The van der Waals surface area contributed by atoms with Gasteiger partial charge in [-0.05, 0) is 25.7 Å². The van der Waals surface area contributed by atoms with Crippen LogP contribution in [-0.2, 0) is 10.2 Å². The number of nitrogens with two attached hydrogens (primary N) is 1. The summed E-state index contributed by atoms with van der Waals surface area (Å²) in [7, 11) is -3.68. The van der Waals surface area contributed by atoms with Crippen LogP contribution in [0.15, 0.2) is 0 Å². The first-order chi connectivity index (χ1) is 7.40. The molecule has 0 aliphatic carbocycles. The van der Waals surface area contributed by atoms with Gasteiger partial charge in [0.1, 0.15) is 0 Å². The summed E-state index contributed by atoms with van der Waals surface area (Å²) in [6.07, 6.45) is 2.14. The highest BCUT2D eigenvalue weighted by molar-refractivity contribution is 7.87. The van der Waals surface area contributed by atoms with Crippen LogP contribution in [-0.4, -0.2) is 43.6 Å². The predicted molar refractivity (Wildman–Crippen MR) is 58.1 cm³/mol. The van der Waals surface area contributed by atoms with Crippen molar-refractivity contribution >= 4 is 16.3 Å². The Morgan fingerprint density at radius 1 is 1.50 bits per heavy atom. The Morgan fingerprint density at radius 2 is 2.19 bits per heavy atom. The summed E-state index contributed by atoms with van der Waals surface area (Å²) in [6.45, 7) is 0.697. The largest absolute Gasteiger partial charge is 0.465 e. The van der Waals surface area contributed by atoms with E-state index >= 15 is 0 Å². The SMILES string of the molecule is NS(=O)(=O)NCCC1CCCCN1C(=O)O. The molecule has 0 aromatic heterocycles. The van der Waals surface area contributed by atoms with Gasteiger partial charge in [-0.25, -0.2) is 14.7 Å². The fraction of sp³-hybridized carbons (Fsp3) is 0.875. The molecule has 0 radical (unpaired) electrons. The maximum atomic E-state index is 10.9. The Hall–Kier alpha value is -0.860. The highest BCUT2D eigenvalue weighted by Crippen LogP contribution is 2.19. The lowest BCUT2D eigenvalue weighted by atomic mass is 10.00. The second-order valence-corrected chi connectivity index (χ2v) is 5.23. The van der Waals surface area contributed by atoms with Crippen molar-refractivity contribution in [2.24, 2.45) is 5.14 Å².